The standard InChI is InChI=1S/C20H22N8O/c1-13-10-14(2)28(26-13)18-11-16(23-12-24-18)21-7-8-22-20(29)19-15(3)25-17-6-4-5-9-27(17)19/h4-6,9-12H,7-8H2,1-3H3,(H,22,29)(H,21,23,24). The van der Waals surface area contributed by atoms with E-state index in [0.29, 0.717) is 36.1 Å². The summed E-state index contributed by atoms with van der Waals surface area (Å²) in [6, 6.07) is 9.47. The van der Waals surface area contributed by atoms with Crippen molar-refractivity contribution in [3.05, 3.63) is 65.6 Å². The Balaban J connectivity index is 1.37. The highest BCUT2D eigenvalue weighted by molar-refractivity contribution is 5.94. The van der Waals surface area contributed by atoms with Crippen LogP contribution in [0.15, 0.2) is 42.9 Å². The molecule has 0 radical (unpaired) electrons. The Hall–Kier alpha value is -3.75. The number of nitrogens with one attached hydrogen (secondary N) is 2. The van der Waals surface area contributed by atoms with Crippen LogP contribution in [0.5, 0.6) is 0 Å². The first-order chi connectivity index (χ1) is 14.0. The fourth-order valence-electron chi connectivity index (χ4n) is 3.26. The second-order valence-electron chi connectivity index (χ2n) is 6.76. The molecular formula is C20H22N8O. The number of fused-ring (bicyclic) bond motifs is 1. The van der Waals surface area contributed by atoms with Crippen LogP contribution in [0.25, 0.3) is 11.5 Å². The third kappa shape index (κ3) is 3.79. The molecule has 1 amide bonds. The number of pyridine rings is 1. The van der Waals surface area contributed by atoms with Gasteiger partial charge in [-0.15, -0.1) is 0 Å². The number of carbonyl (C=O) groups is 1. The number of anilines is 1. The van der Waals surface area contributed by atoms with Crippen molar-refractivity contribution in [3.8, 4) is 5.82 Å². The number of carbonyl (C=O) groups excluding carboxylic acids is 1. The van der Waals surface area contributed by atoms with Crippen molar-refractivity contribution in [1.29, 1.82) is 0 Å². The SMILES string of the molecule is Cc1cc(C)n(-c2cc(NCCNC(=O)c3c(C)nc4ccccn34)ncn2)n1. The van der Waals surface area contributed by atoms with Gasteiger partial charge in [-0.2, -0.15) is 5.10 Å². The Kier molecular flexibility index (Phi) is 4.94. The predicted molar refractivity (Wildman–Crippen MR) is 109 cm³/mol. The van der Waals surface area contributed by atoms with Gasteiger partial charge in [0.05, 0.1) is 11.4 Å². The van der Waals surface area contributed by atoms with Gasteiger partial charge in [-0.1, -0.05) is 6.07 Å². The van der Waals surface area contributed by atoms with E-state index in [1.54, 1.807) is 9.08 Å². The normalized spacial score (nSPS) is 11.0. The van der Waals surface area contributed by atoms with Crippen molar-refractivity contribution in [2.75, 3.05) is 18.4 Å². The zero-order valence-electron chi connectivity index (χ0n) is 16.5. The average Bonchev–Trinajstić information content (AvgIpc) is 3.22. The molecule has 0 fully saturated rings. The number of imidazole rings is 1. The molecule has 4 rings (SSSR count). The van der Waals surface area contributed by atoms with Crippen LogP contribution in [0, 0.1) is 20.8 Å². The van der Waals surface area contributed by atoms with Crippen LogP contribution in [-0.4, -0.2) is 48.1 Å². The summed E-state index contributed by atoms with van der Waals surface area (Å²) >= 11 is 0. The first-order valence-electron chi connectivity index (χ1n) is 9.34. The van der Waals surface area contributed by atoms with E-state index < -0.39 is 0 Å². The second-order valence-corrected chi connectivity index (χ2v) is 6.76. The third-order valence-electron chi connectivity index (χ3n) is 4.52. The number of hydrogen-bond donors (Lipinski definition) is 2. The largest absolute Gasteiger partial charge is 0.368 e. The lowest BCUT2D eigenvalue weighted by atomic mass is 10.3. The van der Waals surface area contributed by atoms with Gasteiger partial charge in [0, 0.05) is 31.0 Å². The van der Waals surface area contributed by atoms with Gasteiger partial charge in [-0.05, 0) is 39.0 Å². The van der Waals surface area contributed by atoms with Gasteiger partial charge in [0.15, 0.2) is 5.82 Å². The summed E-state index contributed by atoms with van der Waals surface area (Å²) in [5.74, 6) is 1.20. The number of hydrogen-bond acceptors (Lipinski definition) is 6. The highest BCUT2D eigenvalue weighted by Gasteiger charge is 2.15. The Labute approximate surface area is 167 Å². The van der Waals surface area contributed by atoms with Crippen LogP contribution in [0.1, 0.15) is 27.6 Å². The fraction of sp³-hybridized carbons (Fsp3) is 0.250. The van der Waals surface area contributed by atoms with E-state index in [1.807, 2.05) is 57.3 Å². The first kappa shape index (κ1) is 18.6. The maximum atomic E-state index is 12.6. The summed E-state index contributed by atoms with van der Waals surface area (Å²) in [5, 5.41) is 10.6. The molecule has 0 saturated heterocycles. The maximum absolute atomic E-state index is 12.6. The van der Waals surface area contributed by atoms with E-state index in [0.717, 1.165) is 17.0 Å². The van der Waals surface area contributed by atoms with Gasteiger partial charge in [-0.25, -0.2) is 19.6 Å². The minimum Gasteiger partial charge on any atom is -0.368 e. The zero-order chi connectivity index (χ0) is 20.4. The molecule has 9 heteroatoms. The summed E-state index contributed by atoms with van der Waals surface area (Å²) < 4.78 is 3.57. The van der Waals surface area contributed by atoms with Gasteiger partial charge in [0.1, 0.15) is 23.5 Å². The lowest BCUT2D eigenvalue weighted by Gasteiger charge is -2.09. The first-order valence-corrected chi connectivity index (χ1v) is 9.34. The van der Waals surface area contributed by atoms with Gasteiger partial charge in [-0.3, -0.25) is 9.20 Å². The van der Waals surface area contributed by atoms with Crippen LogP contribution in [-0.2, 0) is 0 Å². The predicted octanol–water partition coefficient (Wildman–Crippen LogP) is 2.08. The van der Waals surface area contributed by atoms with E-state index >= 15 is 0 Å². The summed E-state index contributed by atoms with van der Waals surface area (Å²) in [6.07, 6.45) is 3.33. The summed E-state index contributed by atoms with van der Waals surface area (Å²) in [6.45, 7) is 6.72. The molecule has 148 valence electrons. The Morgan fingerprint density at radius 2 is 1.97 bits per heavy atom. The molecule has 4 aromatic heterocycles. The number of aryl methyl sites for hydroxylation is 3. The van der Waals surface area contributed by atoms with Crippen molar-refractivity contribution in [3.63, 3.8) is 0 Å². The molecule has 0 aromatic carbocycles. The summed E-state index contributed by atoms with van der Waals surface area (Å²) in [5.41, 5.74) is 3.94. The number of aromatic nitrogens is 6. The molecule has 4 aromatic rings. The molecule has 4 heterocycles. The monoisotopic (exact) mass is 390 g/mol. The lowest BCUT2D eigenvalue weighted by molar-refractivity contribution is 0.0948. The van der Waals surface area contributed by atoms with Crippen molar-refractivity contribution < 1.29 is 4.79 Å². The Morgan fingerprint density at radius 3 is 2.76 bits per heavy atom. The van der Waals surface area contributed by atoms with E-state index in [4.69, 9.17) is 0 Å². The number of rotatable bonds is 6. The minimum absolute atomic E-state index is 0.158. The van der Waals surface area contributed by atoms with Crippen LogP contribution in [0.3, 0.4) is 0 Å². The Morgan fingerprint density at radius 1 is 1.10 bits per heavy atom. The van der Waals surface area contributed by atoms with Crippen molar-refractivity contribution in [2.24, 2.45) is 0 Å². The zero-order valence-corrected chi connectivity index (χ0v) is 16.5. The summed E-state index contributed by atoms with van der Waals surface area (Å²) in [7, 11) is 0. The minimum atomic E-state index is -0.158. The highest BCUT2D eigenvalue weighted by Crippen LogP contribution is 2.13. The molecular weight excluding hydrogens is 368 g/mol. The molecule has 29 heavy (non-hydrogen) atoms. The van der Waals surface area contributed by atoms with E-state index in [2.05, 4.69) is 30.7 Å². The molecule has 0 bridgehead atoms. The molecule has 9 nitrogen and oxygen atoms in total. The van der Waals surface area contributed by atoms with Gasteiger partial charge in [0.2, 0.25) is 0 Å². The Bertz CT molecular complexity index is 1180. The van der Waals surface area contributed by atoms with Crippen molar-refractivity contribution in [2.45, 2.75) is 20.8 Å². The molecule has 0 aliphatic carbocycles. The highest BCUT2D eigenvalue weighted by atomic mass is 16.1. The number of nitrogens with zero attached hydrogens (tertiary/aromatic N) is 6. The lowest BCUT2D eigenvalue weighted by Crippen LogP contribution is -2.30. The summed E-state index contributed by atoms with van der Waals surface area (Å²) in [4.78, 5) is 25.5. The molecule has 0 saturated carbocycles. The van der Waals surface area contributed by atoms with E-state index in [-0.39, 0.29) is 5.91 Å². The molecule has 0 aliphatic heterocycles. The van der Waals surface area contributed by atoms with Crippen LogP contribution in [0.2, 0.25) is 0 Å². The van der Waals surface area contributed by atoms with Crippen LogP contribution >= 0.6 is 0 Å². The second kappa shape index (κ2) is 7.70. The van der Waals surface area contributed by atoms with E-state index in [1.165, 1.54) is 6.33 Å². The number of amides is 1. The topological polar surface area (TPSA) is 102 Å². The fourth-order valence-corrected chi connectivity index (χ4v) is 3.26. The molecule has 2 N–H and O–H groups in total. The average molecular weight is 390 g/mol. The quantitative estimate of drug-likeness (QED) is 0.489. The van der Waals surface area contributed by atoms with E-state index in [9.17, 15) is 4.79 Å². The van der Waals surface area contributed by atoms with Crippen molar-refractivity contribution >= 4 is 17.4 Å². The van der Waals surface area contributed by atoms with Gasteiger partial charge < -0.3 is 10.6 Å². The molecule has 0 aliphatic rings. The van der Waals surface area contributed by atoms with Gasteiger partial charge in [0.25, 0.3) is 5.91 Å². The molecule has 0 unspecified atom stereocenters. The van der Waals surface area contributed by atoms with Crippen LogP contribution in [0.4, 0.5) is 5.82 Å². The maximum Gasteiger partial charge on any atom is 0.270 e. The van der Waals surface area contributed by atoms with Gasteiger partial charge >= 0.3 is 0 Å². The van der Waals surface area contributed by atoms with Crippen molar-refractivity contribution in [1.82, 2.24) is 34.4 Å². The molecule has 0 spiro atoms. The smallest absolute Gasteiger partial charge is 0.270 e. The van der Waals surface area contributed by atoms with Crippen LogP contribution < -0.4 is 10.6 Å². The molecule has 0 atom stereocenters. The third-order valence-corrected chi connectivity index (χ3v) is 4.52.